The van der Waals surface area contributed by atoms with Crippen LogP contribution in [0, 0.1) is 0 Å². The SMILES string of the molecule is O=C(O)CC1(CC(=O)O)CC(c2cc(OCc3ccccc3)ccc2Br)=NO1. The molecule has 0 aliphatic carbocycles. The molecule has 28 heavy (non-hydrogen) atoms. The smallest absolute Gasteiger partial charge is 0.307 e. The summed E-state index contributed by atoms with van der Waals surface area (Å²) in [7, 11) is 0. The lowest BCUT2D eigenvalue weighted by Crippen LogP contribution is -2.35. The van der Waals surface area contributed by atoms with Crippen LogP contribution in [0.15, 0.2) is 58.2 Å². The van der Waals surface area contributed by atoms with Crippen molar-refractivity contribution in [2.24, 2.45) is 5.16 Å². The molecule has 0 saturated carbocycles. The number of halogens is 1. The summed E-state index contributed by atoms with van der Waals surface area (Å²) in [6.45, 7) is 0.396. The Morgan fingerprint density at radius 2 is 1.79 bits per heavy atom. The van der Waals surface area contributed by atoms with Gasteiger partial charge in [0.1, 0.15) is 12.4 Å². The van der Waals surface area contributed by atoms with E-state index >= 15 is 0 Å². The van der Waals surface area contributed by atoms with Gasteiger partial charge in [-0.25, -0.2) is 0 Å². The normalized spacial score (nSPS) is 14.8. The van der Waals surface area contributed by atoms with Gasteiger partial charge in [0.15, 0.2) is 5.60 Å². The van der Waals surface area contributed by atoms with Crippen molar-refractivity contribution in [3.05, 3.63) is 64.1 Å². The van der Waals surface area contributed by atoms with E-state index in [2.05, 4.69) is 21.1 Å². The lowest BCUT2D eigenvalue weighted by Gasteiger charge is -2.22. The molecule has 0 aromatic heterocycles. The van der Waals surface area contributed by atoms with Crippen molar-refractivity contribution in [1.82, 2.24) is 0 Å². The first kappa shape index (κ1) is 19.9. The molecule has 3 rings (SSSR count). The van der Waals surface area contributed by atoms with E-state index in [4.69, 9.17) is 19.8 Å². The van der Waals surface area contributed by atoms with E-state index in [1.807, 2.05) is 30.3 Å². The number of oxime groups is 1. The van der Waals surface area contributed by atoms with Crippen LogP contribution in [-0.4, -0.2) is 33.5 Å². The molecule has 146 valence electrons. The zero-order valence-electron chi connectivity index (χ0n) is 14.8. The Hall–Kier alpha value is -2.87. The topological polar surface area (TPSA) is 105 Å². The molecule has 2 aromatic rings. The first-order valence-electron chi connectivity index (χ1n) is 8.52. The van der Waals surface area contributed by atoms with E-state index in [1.165, 1.54) is 0 Å². The summed E-state index contributed by atoms with van der Waals surface area (Å²) in [6, 6.07) is 15.1. The Morgan fingerprint density at radius 3 is 2.43 bits per heavy atom. The predicted octanol–water partition coefficient (Wildman–Crippen LogP) is 3.84. The Morgan fingerprint density at radius 1 is 1.11 bits per heavy atom. The van der Waals surface area contributed by atoms with Crippen LogP contribution in [-0.2, 0) is 21.0 Å². The summed E-state index contributed by atoms with van der Waals surface area (Å²) in [5.74, 6) is -1.67. The highest BCUT2D eigenvalue weighted by atomic mass is 79.9. The minimum atomic E-state index is -1.40. The molecule has 0 bridgehead atoms. The first-order valence-corrected chi connectivity index (χ1v) is 9.31. The summed E-state index contributed by atoms with van der Waals surface area (Å²) < 4.78 is 6.55. The minimum Gasteiger partial charge on any atom is -0.489 e. The van der Waals surface area contributed by atoms with Crippen molar-refractivity contribution in [2.75, 3.05) is 0 Å². The second kappa shape index (κ2) is 8.43. The van der Waals surface area contributed by atoms with Gasteiger partial charge in [-0.15, -0.1) is 0 Å². The lowest BCUT2D eigenvalue weighted by molar-refractivity contribution is -0.151. The average molecular weight is 448 g/mol. The monoisotopic (exact) mass is 447 g/mol. The third-order valence-electron chi connectivity index (χ3n) is 4.28. The summed E-state index contributed by atoms with van der Waals surface area (Å²) >= 11 is 3.45. The fraction of sp³-hybridized carbons (Fsp3) is 0.250. The molecule has 2 N–H and O–H groups in total. The highest BCUT2D eigenvalue weighted by Gasteiger charge is 2.44. The number of carboxylic acid groups (broad SMARTS) is 2. The standard InChI is InChI=1S/C20H18BrNO6/c21-16-7-6-14(27-12-13-4-2-1-3-5-13)8-15(16)17-9-20(28-22-17,10-18(23)24)11-19(25)26/h1-8H,9-12H2,(H,23,24)(H,25,26). The Kier molecular flexibility index (Phi) is 5.99. The number of hydrogen-bond donors (Lipinski definition) is 2. The molecular weight excluding hydrogens is 430 g/mol. The van der Waals surface area contributed by atoms with E-state index in [9.17, 15) is 9.59 Å². The molecule has 8 heteroatoms. The molecule has 1 aliphatic rings. The summed E-state index contributed by atoms with van der Waals surface area (Å²) in [6.07, 6.45) is -0.825. The van der Waals surface area contributed by atoms with Crippen LogP contribution < -0.4 is 4.74 Å². The number of aliphatic carboxylic acids is 2. The van der Waals surface area contributed by atoms with Crippen molar-refractivity contribution in [3.8, 4) is 5.75 Å². The third-order valence-corrected chi connectivity index (χ3v) is 4.97. The van der Waals surface area contributed by atoms with Crippen molar-refractivity contribution < 1.29 is 29.4 Å². The van der Waals surface area contributed by atoms with Gasteiger partial charge < -0.3 is 19.8 Å². The minimum absolute atomic E-state index is 0.0757. The molecule has 0 spiro atoms. The van der Waals surface area contributed by atoms with Gasteiger partial charge >= 0.3 is 11.9 Å². The zero-order chi connectivity index (χ0) is 20.1. The quantitative estimate of drug-likeness (QED) is 0.636. The fourth-order valence-corrected chi connectivity index (χ4v) is 3.50. The van der Waals surface area contributed by atoms with Crippen LogP contribution in [0.5, 0.6) is 5.75 Å². The van der Waals surface area contributed by atoms with Gasteiger partial charge in [0.25, 0.3) is 0 Å². The fourth-order valence-electron chi connectivity index (χ4n) is 3.03. The molecule has 0 atom stereocenters. The van der Waals surface area contributed by atoms with Gasteiger partial charge in [-0.05, 0) is 23.8 Å². The second-order valence-electron chi connectivity index (χ2n) is 6.55. The molecule has 0 amide bonds. The van der Waals surface area contributed by atoms with Crippen LogP contribution in [0.1, 0.15) is 30.4 Å². The number of hydrogen-bond acceptors (Lipinski definition) is 5. The van der Waals surface area contributed by atoms with Gasteiger partial charge in [0, 0.05) is 16.5 Å². The number of carboxylic acids is 2. The maximum atomic E-state index is 11.2. The molecular formula is C20H18BrNO6. The van der Waals surface area contributed by atoms with Gasteiger partial charge in [0.2, 0.25) is 0 Å². The van der Waals surface area contributed by atoms with Gasteiger partial charge in [-0.3, -0.25) is 9.59 Å². The van der Waals surface area contributed by atoms with E-state index in [1.54, 1.807) is 18.2 Å². The average Bonchev–Trinajstić information content (AvgIpc) is 3.03. The zero-order valence-corrected chi connectivity index (χ0v) is 16.4. The van der Waals surface area contributed by atoms with E-state index < -0.39 is 30.4 Å². The lowest BCUT2D eigenvalue weighted by atomic mass is 9.88. The van der Waals surface area contributed by atoms with Gasteiger partial charge in [0.05, 0.1) is 18.6 Å². The van der Waals surface area contributed by atoms with Crippen molar-refractivity contribution in [2.45, 2.75) is 31.5 Å². The predicted molar refractivity (Wildman–Crippen MR) is 104 cm³/mol. The second-order valence-corrected chi connectivity index (χ2v) is 7.40. The van der Waals surface area contributed by atoms with E-state index in [0.717, 1.165) is 10.0 Å². The molecule has 2 aromatic carbocycles. The molecule has 0 fully saturated rings. The number of benzene rings is 2. The van der Waals surface area contributed by atoms with Crippen molar-refractivity contribution in [3.63, 3.8) is 0 Å². The first-order chi connectivity index (χ1) is 13.4. The molecule has 0 unspecified atom stereocenters. The van der Waals surface area contributed by atoms with Crippen LogP contribution in [0.2, 0.25) is 0 Å². The summed E-state index contributed by atoms with van der Waals surface area (Å²) in [5, 5.41) is 22.3. The van der Waals surface area contributed by atoms with Crippen LogP contribution in [0.4, 0.5) is 0 Å². The van der Waals surface area contributed by atoms with E-state index in [0.29, 0.717) is 23.6 Å². The van der Waals surface area contributed by atoms with Crippen molar-refractivity contribution in [1.29, 1.82) is 0 Å². The highest BCUT2D eigenvalue weighted by Crippen LogP contribution is 2.36. The van der Waals surface area contributed by atoms with Gasteiger partial charge in [-0.2, -0.15) is 0 Å². The van der Waals surface area contributed by atoms with Crippen LogP contribution in [0.25, 0.3) is 0 Å². The number of rotatable bonds is 8. The van der Waals surface area contributed by atoms with Crippen LogP contribution in [0.3, 0.4) is 0 Å². The molecule has 1 heterocycles. The summed E-state index contributed by atoms with van der Waals surface area (Å²) in [4.78, 5) is 27.7. The maximum absolute atomic E-state index is 11.2. The van der Waals surface area contributed by atoms with E-state index in [-0.39, 0.29) is 6.42 Å². The number of carbonyl (C=O) groups is 2. The largest absolute Gasteiger partial charge is 0.489 e. The maximum Gasteiger partial charge on any atom is 0.307 e. The third kappa shape index (κ3) is 4.89. The molecule has 0 radical (unpaired) electrons. The Balaban J connectivity index is 1.77. The highest BCUT2D eigenvalue weighted by molar-refractivity contribution is 9.10. The number of ether oxygens (including phenoxy) is 1. The molecule has 1 aliphatic heterocycles. The Bertz CT molecular complexity index is 896. The van der Waals surface area contributed by atoms with Crippen LogP contribution >= 0.6 is 15.9 Å². The molecule has 7 nitrogen and oxygen atoms in total. The number of nitrogens with zero attached hydrogens (tertiary/aromatic N) is 1. The summed E-state index contributed by atoms with van der Waals surface area (Å²) in [5.41, 5.74) is 0.769. The van der Waals surface area contributed by atoms with Gasteiger partial charge in [-0.1, -0.05) is 51.4 Å². The Labute approximate surface area is 169 Å². The molecule has 0 saturated heterocycles. The van der Waals surface area contributed by atoms with Crippen molar-refractivity contribution >= 4 is 33.6 Å².